The third-order valence-electron chi connectivity index (χ3n) is 3.93. The standard InChI is InChI=1S/C15H28N4O2/c1-3-6-15-17-14(18-21-15)12-19-9-5-4-7-13(19)11-16-8-10-20-2/h13,16H,3-12H2,1-2H3. The lowest BCUT2D eigenvalue weighted by atomic mass is 10.0. The number of nitrogens with one attached hydrogen (secondary N) is 1. The largest absolute Gasteiger partial charge is 0.383 e. The first-order valence-corrected chi connectivity index (χ1v) is 8.08. The first-order chi connectivity index (χ1) is 10.3. The van der Waals surface area contributed by atoms with Crippen molar-refractivity contribution in [3.05, 3.63) is 11.7 Å². The molecular weight excluding hydrogens is 268 g/mol. The van der Waals surface area contributed by atoms with Crippen LogP contribution in [-0.2, 0) is 17.7 Å². The molecule has 1 aliphatic rings. The fourth-order valence-corrected chi connectivity index (χ4v) is 2.79. The molecule has 0 saturated carbocycles. The highest BCUT2D eigenvalue weighted by Gasteiger charge is 2.23. The second-order valence-corrected chi connectivity index (χ2v) is 5.67. The van der Waals surface area contributed by atoms with E-state index in [0.29, 0.717) is 6.04 Å². The number of piperidine rings is 1. The highest BCUT2D eigenvalue weighted by atomic mass is 16.5. The highest BCUT2D eigenvalue weighted by Crippen LogP contribution is 2.18. The average Bonchev–Trinajstić information content (AvgIpc) is 2.93. The number of likely N-dealkylation sites (tertiary alicyclic amines) is 1. The summed E-state index contributed by atoms with van der Waals surface area (Å²) in [4.78, 5) is 6.95. The van der Waals surface area contributed by atoms with Crippen molar-refractivity contribution in [3.8, 4) is 0 Å². The number of nitrogens with zero attached hydrogens (tertiary/aromatic N) is 3. The third kappa shape index (κ3) is 5.37. The summed E-state index contributed by atoms with van der Waals surface area (Å²) in [5.74, 6) is 1.58. The zero-order valence-corrected chi connectivity index (χ0v) is 13.3. The molecular formula is C15H28N4O2. The first-order valence-electron chi connectivity index (χ1n) is 8.08. The van der Waals surface area contributed by atoms with Gasteiger partial charge in [0.15, 0.2) is 5.82 Å². The molecule has 2 heterocycles. The molecule has 6 nitrogen and oxygen atoms in total. The molecule has 1 aromatic heterocycles. The van der Waals surface area contributed by atoms with E-state index in [1.807, 2.05) is 0 Å². The van der Waals surface area contributed by atoms with E-state index in [4.69, 9.17) is 9.26 Å². The zero-order valence-electron chi connectivity index (χ0n) is 13.3. The summed E-state index contributed by atoms with van der Waals surface area (Å²) >= 11 is 0. The molecule has 2 rings (SSSR count). The van der Waals surface area contributed by atoms with Gasteiger partial charge in [-0.15, -0.1) is 0 Å². The van der Waals surface area contributed by atoms with Crippen LogP contribution in [0, 0.1) is 0 Å². The summed E-state index contributed by atoms with van der Waals surface area (Å²) in [6.45, 7) is 6.71. The molecule has 1 fully saturated rings. The maximum absolute atomic E-state index is 5.27. The number of aromatic nitrogens is 2. The van der Waals surface area contributed by atoms with Gasteiger partial charge in [0.25, 0.3) is 0 Å². The van der Waals surface area contributed by atoms with Crippen molar-refractivity contribution in [2.24, 2.45) is 0 Å². The van der Waals surface area contributed by atoms with Crippen molar-refractivity contribution in [3.63, 3.8) is 0 Å². The smallest absolute Gasteiger partial charge is 0.226 e. The summed E-state index contributed by atoms with van der Waals surface area (Å²) in [6, 6.07) is 0.559. The van der Waals surface area contributed by atoms with Gasteiger partial charge in [-0.05, 0) is 25.8 Å². The van der Waals surface area contributed by atoms with E-state index in [1.54, 1.807) is 7.11 Å². The zero-order chi connectivity index (χ0) is 14.9. The fraction of sp³-hybridized carbons (Fsp3) is 0.867. The molecule has 21 heavy (non-hydrogen) atoms. The van der Waals surface area contributed by atoms with Gasteiger partial charge in [0.1, 0.15) is 0 Å². The monoisotopic (exact) mass is 296 g/mol. The van der Waals surface area contributed by atoms with Crippen molar-refractivity contribution in [1.82, 2.24) is 20.4 Å². The molecule has 1 unspecified atom stereocenters. The normalized spacial score (nSPS) is 20.0. The Labute approximate surface area is 127 Å². The first kappa shape index (κ1) is 16.4. The van der Waals surface area contributed by atoms with Crippen LogP contribution in [0.1, 0.15) is 44.3 Å². The molecule has 1 aromatic rings. The third-order valence-corrected chi connectivity index (χ3v) is 3.93. The summed E-state index contributed by atoms with van der Waals surface area (Å²) in [6.07, 6.45) is 5.71. The van der Waals surface area contributed by atoms with Gasteiger partial charge in [-0.3, -0.25) is 4.90 Å². The molecule has 0 bridgehead atoms. The Morgan fingerprint density at radius 2 is 2.33 bits per heavy atom. The summed E-state index contributed by atoms with van der Waals surface area (Å²) in [5.41, 5.74) is 0. The Morgan fingerprint density at radius 3 is 3.14 bits per heavy atom. The van der Waals surface area contributed by atoms with E-state index in [-0.39, 0.29) is 0 Å². The fourth-order valence-electron chi connectivity index (χ4n) is 2.79. The predicted molar refractivity (Wildman–Crippen MR) is 81.1 cm³/mol. The minimum Gasteiger partial charge on any atom is -0.383 e. The van der Waals surface area contributed by atoms with Crippen molar-refractivity contribution in [1.29, 1.82) is 0 Å². The molecule has 1 aliphatic heterocycles. The second kappa shape index (κ2) is 9.12. The SMILES string of the molecule is CCCc1nc(CN2CCCCC2CNCCOC)no1. The Morgan fingerprint density at radius 1 is 1.43 bits per heavy atom. The van der Waals surface area contributed by atoms with Gasteiger partial charge in [0.2, 0.25) is 5.89 Å². The average molecular weight is 296 g/mol. The van der Waals surface area contributed by atoms with E-state index >= 15 is 0 Å². The Balaban J connectivity index is 1.82. The number of methoxy groups -OCH3 is 1. The number of aryl methyl sites for hydroxylation is 1. The van der Waals surface area contributed by atoms with Gasteiger partial charge in [0, 0.05) is 32.7 Å². The second-order valence-electron chi connectivity index (χ2n) is 5.67. The number of rotatable bonds is 9. The van der Waals surface area contributed by atoms with E-state index in [9.17, 15) is 0 Å². The van der Waals surface area contributed by atoms with Gasteiger partial charge >= 0.3 is 0 Å². The summed E-state index contributed by atoms with van der Waals surface area (Å²) in [7, 11) is 1.73. The molecule has 120 valence electrons. The van der Waals surface area contributed by atoms with E-state index in [0.717, 1.165) is 57.3 Å². The van der Waals surface area contributed by atoms with E-state index < -0.39 is 0 Å². The minimum atomic E-state index is 0.559. The van der Waals surface area contributed by atoms with Gasteiger partial charge in [-0.1, -0.05) is 18.5 Å². The Kier molecular flexibility index (Phi) is 7.12. The lowest BCUT2D eigenvalue weighted by molar-refractivity contribution is 0.129. The van der Waals surface area contributed by atoms with Gasteiger partial charge in [-0.2, -0.15) is 4.98 Å². The van der Waals surface area contributed by atoms with Crippen LogP contribution in [0.4, 0.5) is 0 Å². The highest BCUT2D eigenvalue weighted by molar-refractivity contribution is 4.89. The lowest BCUT2D eigenvalue weighted by Gasteiger charge is -2.35. The van der Waals surface area contributed by atoms with Gasteiger partial charge < -0.3 is 14.6 Å². The number of ether oxygens (including phenoxy) is 1. The van der Waals surface area contributed by atoms with Crippen LogP contribution in [-0.4, -0.2) is 54.4 Å². The maximum atomic E-state index is 5.27. The van der Waals surface area contributed by atoms with Gasteiger partial charge in [-0.25, -0.2) is 0 Å². The molecule has 0 aromatic carbocycles. The number of hydrogen-bond donors (Lipinski definition) is 1. The van der Waals surface area contributed by atoms with Crippen LogP contribution in [0.25, 0.3) is 0 Å². The molecule has 0 aliphatic carbocycles. The maximum Gasteiger partial charge on any atom is 0.226 e. The number of hydrogen-bond acceptors (Lipinski definition) is 6. The van der Waals surface area contributed by atoms with Crippen LogP contribution in [0.2, 0.25) is 0 Å². The van der Waals surface area contributed by atoms with Crippen LogP contribution < -0.4 is 5.32 Å². The molecule has 0 radical (unpaired) electrons. The van der Waals surface area contributed by atoms with Crippen molar-refractivity contribution in [2.75, 3.05) is 33.4 Å². The topological polar surface area (TPSA) is 63.4 Å². The van der Waals surface area contributed by atoms with Crippen molar-refractivity contribution >= 4 is 0 Å². The summed E-state index contributed by atoms with van der Waals surface area (Å²) in [5, 5.41) is 7.57. The van der Waals surface area contributed by atoms with Crippen LogP contribution in [0.5, 0.6) is 0 Å². The molecule has 0 spiro atoms. The van der Waals surface area contributed by atoms with Crippen molar-refractivity contribution < 1.29 is 9.26 Å². The molecule has 1 atom stereocenters. The Hall–Kier alpha value is -0.980. The van der Waals surface area contributed by atoms with Crippen LogP contribution in [0.15, 0.2) is 4.52 Å². The van der Waals surface area contributed by atoms with Crippen LogP contribution in [0.3, 0.4) is 0 Å². The lowest BCUT2D eigenvalue weighted by Crippen LogP contribution is -2.45. The van der Waals surface area contributed by atoms with Crippen LogP contribution >= 0.6 is 0 Å². The molecule has 1 N–H and O–H groups in total. The molecule has 6 heteroatoms. The summed E-state index contributed by atoms with van der Waals surface area (Å²) < 4.78 is 10.3. The van der Waals surface area contributed by atoms with Gasteiger partial charge in [0.05, 0.1) is 13.2 Å². The minimum absolute atomic E-state index is 0.559. The van der Waals surface area contributed by atoms with Crippen molar-refractivity contribution in [2.45, 2.75) is 51.6 Å². The van der Waals surface area contributed by atoms with E-state index in [1.165, 1.54) is 19.3 Å². The van der Waals surface area contributed by atoms with E-state index in [2.05, 4.69) is 27.3 Å². The quantitative estimate of drug-likeness (QED) is 0.699. The Bertz CT molecular complexity index is 397. The molecule has 0 amide bonds. The predicted octanol–water partition coefficient (Wildman–Crippen LogP) is 1.61. The molecule has 1 saturated heterocycles.